The molecule has 1 heterocycles. The molecule has 0 spiro atoms. The number of pyridine rings is 1. The van der Waals surface area contributed by atoms with Crippen LogP contribution in [0, 0.1) is 18.6 Å². The third-order valence-electron chi connectivity index (χ3n) is 5.39. The number of carbonyl (C=O) groups excluding carboxylic acids is 2. The van der Waals surface area contributed by atoms with Crippen LogP contribution in [0.4, 0.5) is 19.3 Å². The van der Waals surface area contributed by atoms with Crippen molar-refractivity contribution in [1.29, 1.82) is 0 Å². The molecule has 0 aliphatic rings. The van der Waals surface area contributed by atoms with Gasteiger partial charge in [0.15, 0.2) is 5.69 Å². The lowest BCUT2D eigenvalue weighted by Gasteiger charge is -2.21. The molecule has 0 aliphatic heterocycles. The molecule has 3 aromatic rings. The van der Waals surface area contributed by atoms with Crippen molar-refractivity contribution in [1.82, 2.24) is 9.88 Å². The van der Waals surface area contributed by atoms with Crippen LogP contribution >= 0.6 is 11.6 Å². The van der Waals surface area contributed by atoms with E-state index in [2.05, 4.69) is 10.6 Å². The second-order valence-corrected chi connectivity index (χ2v) is 8.36. The number of halogens is 3. The zero-order valence-corrected chi connectivity index (χ0v) is 20.5. The minimum atomic E-state index is -1.21. The van der Waals surface area contributed by atoms with Gasteiger partial charge < -0.3 is 25.0 Å². The first kappa shape index (κ1) is 26.7. The molecule has 3 N–H and O–H groups in total. The van der Waals surface area contributed by atoms with Crippen LogP contribution in [0.25, 0.3) is 11.1 Å². The molecule has 2 amide bonds. The van der Waals surface area contributed by atoms with E-state index in [-0.39, 0.29) is 34.0 Å². The van der Waals surface area contributed by atoms with Gasteiger partial charge in [0, 0.05) is 29.9 Å². The average Bonchev–Trinajstić information content (AvgIpc) is 2.82. The monoisotopic (exact) mass is 519 g/mol. The van der Waals surface area contributed by atoms with E-state index in [0.29, 0.717) is 5.56 Å². The van der Waals surface area contributed by atoms with Crippen LogP contribution in [0.2, 0.25) is 5.02 Å². The smallest absolute Gasteiger partial charge is 0.319 e. The van der Waals surface area contributed by atoms with Crippen LogP contribution in [-0.4, -0.2) is 28.3 Å². The first-order chi connectivity index (χ1) is 17.0. The summed E-state index contributed by atoms with van der Waals surface area (Å²) in [6.45, 7) is 3.22. The largest absolute Gasteiger partial charge is 0.505 e. The van der Waals surface area contributed by atoms with Crippen molar-refractivity contribution >= 4 is 29.3 Å². The number of anilines is 1. The van der Waals surface area contributed by atoms with E-state index in [4.69, 9.17) is 16.3 Å². The number of rotatable bonds is 7. The molecule has 0 saturated heterocycles. The Morgan fingerprint density at radius 3 is 2.61 bits per heavy atom. The van der Waals surface area contributed by atoms with Gasteiger partial charge in [-0.25, -0.2) is 13.6 Å². The number of esters is 1. The number of hydrogen-bond acceptors (Lipinski definition) is 5. The number of benzene rings is 2. The third kappa shape index (κ3) is 5.83. The standard InChI is InChI=1S/C25H24ClF2N3O5/c1-4-36-20(32)11-19(29-25(35)30-22-23(33)13(2)12-31(3)24(22)34)16-7-5-6-15(21(16)28)14-8-9-18(27)17(26)10-14/h5-10,12,19,33H,4,11H2,1-3H3,(H2,29,30,35). The van der Waals surface area contributed by atoms with Gasteiger partial charge in [-0.15, -0.1) is 0 Å². The Bertz CT molecular complexity index is 1380. The summed E-state index contributed by atoms with van der Waals surface area (Å²) in [6.07, 6.45) is 0.969. The Morgan fingerprint density at radius 1 is 1.22 bits per heavy atom. The van der Waals surface area contributed by atoms with Gasteiger partial charge in [0.05, 0.1) is 24.1 Å². The molecular formula is C25H24ClF2N3O5. The zero-order valence-electron chi connectivity index (χ0n) is 19.7. The van der Waals surface area contributed by atoms with Gasteiger partial charge >= 0.3 is 12.0 Å². The van der Waals surface area contributed by atoms with E-state index < -0.39 is 47.4 Å². The predicted octanol–water partition coefficient (Wildman–Crippen LogP) is 4.81. The molecule has 11 heteroatoms. The lowest BCUT2D eigenvalue weighted by atomic mass is 9.96. The zero-order chi connectivity index (χ0) is 26.6. The van der Waals surface area contributed by atoms with E-state index in [9.17, 15) is 23.9 Å². The van der Waals surface area contributed by atoms with Crippen molar-refractivity contribution in [3.63, 3.8) is 0 Å². The molecule has 2 aromatic carbocycles. The van der Waals surface area contributed by atoms with Gasteiger partial charge in [-0.1, -0.05) is 35.9 Å². The lowest BCUT2D eigenvalue weighted by molar-refractivity contribution is -0.143. The fraction of sp³-hybridized carbons (Fsp3) is 0.240. The molecular weight excluding hydrogens is 496 g/mol. The maximum Gasteiger partial charge on any atom is 0.319 e. The highest BCUT2D eigenvalue weighted by molar-refractivity contribution is 6.31. The van der Waals surface area contributed by atoms with Crippen molar-refractivity contribution in [2.45, 2.75) is 26.3 Å². The molecule has 0 aliphatic carbocycles. The number of ether oxygens (including phenoxy) is 1. The van der Waals surface area contributed by atoms with Crippen molar-refractivity contribution in [2.24, 2.45) is 7.05 Å². The van der Waals surface area contributed by atoms with Crippen LogP contribution < -0.4 is 16.2 Å². The molecule has 0 saturated carbocycles. The quantitative estimate of drug-likeness (QED) is 0.388. The van der Waals surface area contributed by atoms with Gasteiger partial charge in [-0.05, 0) is 31.5 Å². The summed E-state index contributed by atoms with van der Waals surface area (Å²) in [5, 5.41) is 14.8. The Balaban J connectivity index is 1.98. The molecule has 0 fully saturated rings. The first-order valence-corrected chi connectivity index (χ1v) is 11.3. The van der Waals surface area contributed by atoms with E-state index in [1.165, 1.54) is 48.1 Å². The minimum Gasteiger partial charge on any atom is -0.505 e. The number of nitrogens with one attached hydrogen (secondary N) is 2. The van der Waals surface area contributed by atoms with Gasteiger partial charge in [-0.3, -0.25) is 9.59 Å². The second kappa shape index (κ2) is 11.2. The molecule has 8 nitrogen and oxygen atoms in total. The van der Waals surface area contributed by atoms with Crippen LogP contribution in [0.3, 0.4) is 0 Å². The highest BCUT2D eigenvalue weighted by atomic mass is 35.5. The number of nitrogens with zero attached hydrogens (tertiary/aromatic N) is 1. The van der Waals surface area contributed by atoms with Crippen LogP contribution in [0.1, 0.15) is 30.5 Å². The second-order valence-electron chi connectivity index (χ2n) is 7.95. The first-order valence-electron chi connectivity index (χ1n) is 10.9. The number of amides is 2. The lowest BCUT2D eigenvalue weighted by Crippen LogP contribution is -2.36. The summed E-state index contributed by atoms with van der Waals surface area (Å²) in [5.74, 6) is -2.56. The molecule has 1 atom stereocenters. The fourth-order valence-electron chi connectivity index (χ4n) is 3.64. The van der Waals surface area contributed by atoms with E-state index in [0.717, 1.165) is 6.07 Å². The third-order valence-corrected chi connectivity index (χ3v) is 5.68. The van der Waals surface area contributed by atoms with E-state index >= 15 is 4.39 Å². The van der Waals surface area contributed by atoms with Gasteiger partial charge in [0.2, 0.25) is 0 Å². The van der Waals surface area contributed by atoms with Gasteiger partial charge in [0.1, 0.15) is 17.4 Å². The maximum atomic E-state index is 15.6. The summed E-state index contributed by atoms with van der Waals surface area (Å²) >= 11 is 5.84. The Labute approximate surface area is 210 Å². The summed E-state index contributed by atoms with van der Waals surface area (Å²) in [5.41, 5.74) is -0.412. The number of aromatic nitrogens is 1. The van der Waals surface area contributed by atoms with E-state index in [1.807, 2.05) is 0 Å². The molecule has 0 radical (unpaired) electrons. The highest BCUT2D eigenvalue weighted by Crippen LogP contribution is 2.32. The molecule has 1 unspecified atom stereocenters. The van der Waals surface area contributed by atoms with Crippen molar-refractivity contribution in [3.8, 4) is 16.9 Å². The fourth-order valence-corrected chi connectivity index (χ4v) is 3.82. The van der Waals surface area contributed by atoms with Gasteiger partial charge in [0.25, 0.3) is 5.56 Å². The normalized spacial score (nSPS) is 11.6. The Kier molecular flexibility index (Phi) is 8.31. The molecule has 3 rings (SSSR count). The van der Waals surface area contributed by atoms with Crippen molar-refractivity contribution in [2.75, 3.05) is 11.9 Å². The summed E-state index contributed by atoms with van der Waals surface area (Å²) in [7, 11) is 1.45. The van der Waals surface area contributed by atoms with Crippen molar-refractivity contribution < 1.29 is 28.2 Å². The average molecular weight is 520 g/mol. The van der Waals surface area contributed by atoms with Crippen LogP contribution in [0.15, 0.2) is 47.4 Å². The number of aryl methyl sites for hydroxylation is 2. The predicted molar refractivity (Wildman–Crippen MR) is 131 cm³/mol. The minimum absolute atomic E-state index is 0.0579. The Hall–Kier alpha value is -3.92. The van der Waals surface area contributed by atoms with Gasteiger partial charge in [-0.2, -0.15) is 0 Å². The molecule has 0 bridgehead atoms. The molecule has 1 aromatic heterocycles. The number of urea groups is 1. The van der Waals surface area contributed by atoms with Crippen molar-refractivity contribution in [3.05, 3.63) is 80.7 Å². The summed E-state index contributed by atoms with van der Waals surface area (Å²) < 4.78 is 35.4. The summed E-state index contributed by atoms with van der Waals surface area (Å²) in [4.78, 5) is 37.4. The highest BCUT2D eigenvalue weighted by Gasteiger charge is 2.25. The topological polar surface area (TPSA) is 110 Å². The Morgan fingerprint density at radius 2 is 1.94 bits per heavy atom. The van der Waals surface area contributed by atoms with Crippen LogP contribution in [-0.2, 0) is 16.6 Å². The number of hydrogen-bond donors (Lipinski definition) is 3. The maximum absolute atomic E-state index is 15.6. The van der Waals surface area contributed by atoms with Crippen LogP contribution in [0.5, 0.6) is 5.75 Å². The summed E-state index contributed by atoms with van der Waals surface area (Å²) in [6, 6.07) is 5.85. The SMILES string of the molecule is CCOC(=O)CC(NC(=O)Nc1c(O)c(C)cn(C)c1=O)c1cccc(-c2ccc(F)c(Cl)c2)c1F. The molecule has 36 heavy (non-hydrogen) atoms. The number of carbonyl (C=O) groups is 2. The number of aromatic hydroxyl groups is 1. The molecule has 190 valence electrons. The van der Waals surface area contributed by atoms with E-state index in [1.54, 1.807) is 13.8 Å².